The van der Waals surface area contributed by atoms with Gasteiger partial charge in [-0.3, -0.25) is 0 Å². The van der Waals surface area contributed by atoms with Gasteiger partial charge in [0.25, 0.3) is 5.69 Å². The fraction of sp³-hybridized carbons (Fsp3) is 0.400. The van der Waals surface area contributed by atoms with Crippen LogP contribution in [0.4, 0.5) is 0 Å². The first-order chi connectivity index (χ1) is 7.11. The van der Waals surface area contributed by atoms with Crippen LogP contribution in [0.2, 0.25) is 0 Å². The van der Waals surface area contributed by atoms with Crippen LogP contribution in [-0.2, 0) is 11.3 Å². The van der Waals surface area contributed by atoms with E-state index in [1.54, 1.807) is 24.5 Å². The van der Waals surface area contributed by atoms with Gasteiger partial charge in [0.1, 0.15) is 6.54 Å². The Morgan fingerprint density at radius 2 is 2.47 bits per heavy atom. The van der Waals surface area contributed by atoms with Gasteiger partial charge in [0, 0.05) is 6.92 Å². The van der Waals surface area contributed by atoms with Crippen LogP contribution in [0.1, 0.15) is 23.1 Å². The van der Waals surface area contributed by atoms with E-state index in [2.05, 4.69) is 6.58 Å². The number of carbonyl (C=O) groups excluding carboxylic acids is 1. The van der Waals surface area contributed by atoms with Crippen LogP contribution < -0.4 is 4.73 Å². The van der Waals surface area contributed by atoms with Crippen molar-refractivity contribution in [1.82, 2.24) is 4.57 Å². The van der Waals surface area contributed by atoms with Gasteiger partial charge in [-0.15, -0.1) is 0 Å². The first-order valence-corrected chi connectivity index (χ1v) is 4.68. The molecule has 0 fully saturated rings. The molecule has 0 amide bonds. The third kappa shape index (κ3) is 2.18. The normalized spacial score (nSPS) is 10.0. The van der Waals surface area contributed by atoms with Gasteiger partial charge < -0.3 is 9.94 Å². The summed E-state index contributed by atoms with van der Waals surface area (Å²) in [6, 6.07) is 0. The standard InChI is InChI=1S/C10H14N2O3/c1-4-6-11-7-12(14)9(8(11)3)10(13)15-5-2/h4,7H,1,5-6H2,2-3H3. The number of hydrogen-bond acceptors (Lipinski definition) is 3. The van der Waals surface area contributed by atoms with Gasteiger partial charge >= 0.3 is 5.97 Å². The van der Waals surface area contributed by atoms with Crippen LogP contribution >= 0.6 is 0 Å². The summed E-state index contributed by atoms with van der Waals surface area (Å²) in [6.45, 7) is 7.71. The van der Waals surface area contributed by atoms with Crippen molar-refractivity contribution in [1.29, 1.82) is 0 Å². The molecule has 1 heterocycles. The number of carbonyl (C=O) groups is 1. The molecule has 5 heteroatoms. The summed E-state index contributed by atoms with van der Waals surface area (Å²) in [5, 5.41) is 11.4. The van der Waals surface area contributed by atoms with Crippen molar-refractivity contribution in [3.8, 4) is 0 Å². The molecular weight excluding hydrogens is 196 g/mol. The molecule has 0 N–H and O–H groups in total. The topological polar surface area (TPSA) is 58.2 Å². The van der Waals surface area contributed by atoms with E-state index >= 15 is 0 Å². The Kier molecular flexibility index (Phi) is 3.49. The molecule has 15 heavy (non-hydrogen) atoms. The number of esters is 1. The molecule has 0 unspecified atom stereocenters. The van der Waals surface area contributed by atoms with Crippen molar-refractivity contribution in [3.63, 3.8) is 0 Å². The Balaban J connectivity index is 3.07. The zero-order valence-corrected chi connectivity index (χ0v) is 8.90. The van der Waals surface area contributed by atoms with Gasteiger partial charge in [-0.25, -0.2) is 14.1 Å². The maximum Gasteiger partial charge on any atom is 0.383 e. The summed E-state index contributed by atoms with van der Waals surface area (Å²) in [6.07, 6.45) is 2.96. The Labute approximate surface area is 88.2 Å². The number of nitrogens with zero attached hydrogens (tertiary/aromatic N) is 2. The minimum atomic E-state index is -0.590. The SMILES string of the molecule is C=CCn1c[n+]([O-])c(C(=O)OCC)c1C. The highest BCUT2D eigenvalue weighted by Crippen LogP contribution is 2.06. The maximum atomic E-state index is 11.4. The molecule has 82 valence electrons. The molecule has 0 bridgehead atoms. The fourth-order valence-corrected chi connectivity index (χ4v) is 1.33. The second kappa shape index (κ2) is 4.63. The molecule has 0 aromatic carbocycles. The molecule has 5 nitrogen and oxygen atoms in total. The van der Waals surface area contributed by atoms with Crippen molar-refractivity contribution >= 4 is 5.97 Å². The van der Waals surface area contributed by atoms with Crippen LogP contribution in [-0.4, -0.2) is 17.1 Å². The van der Waals surface area contributed by atoms with Gasteiger partial charge in [-0.2, -0.15) is 0 Å². The lowest BCUT2D eigenvalue weighted by atomic mass is 10.3. The van der Waals surface area contributed by atoms with E-state index in [-0.39, 0.29) is 12.3 Å². The number of hydrogen-bond donors (Lipinski definition) is 0. The summed E-state index contributed by atoms with van der Waals surface area (Å²) in [7, 11) is 0. The van der Waals surface area contributed by atoms with E-state index in [4.69, 9.17) is 4.74 Å². The van der Waals surface area contributed by atoms with Gasteiger partial charge in [-0.1, -0.05) is 12.7 Å². The number of ether oxygens (including phenoxy) is 1. The summed E-state index contributed by atoms with van der Waals surface area (Å²) < 4.78 is 6.95. The average Bonchev–Trinajstić information content (AvgIpc) is 2.43. The van der Waals surface area contributed by atoms with E-state index in [0.717, 1.165) is 0 Å². The van der Waals surface area contributed by atoms with Crippen molar-refractivity contribution in [2.45, 2.75) is 20.4 Å². The average molecular weight is 210 g/mol. The second-order valence-corrected chi connectivity index (χ2v) is 3.04. The zero-order chi connectivity index (χ0) is 11.4. The Bertz CT molecular complexity index is 382. The maximum absolute atomic E-state index is 11.4. The van der Waals surface area contributed by atoms with E-state index in [1.807, 2.05) is 0 Å². The molecular formula is C10H14N2O3. The van der Waals surface area contributed by atoms with Gasteiger partial charge in [0.05, 0.1) is 6.61 Å². The molecule has 0 saturated heterocycles. The summed E-state index contributed by atoms with van der Waals surface area (Å²) in [4.78, 5) is 11.4. The molecule has 0 saturated carbocycles. The van der Waals surface area contributed by atoms with Crippen molar-refractivity contribution < 1.29 is 14.3 Å². The largest absolute Gasteiger partial charge is 0.710 e. The van der Waals surface area contributed by atoms with E-state index in [1.165, 1.54) is 6.33 Å². The Morgan fingerprint density at radius 3 is 3.00 bits per heavy atom. The van der Waals surface area contributed by atoms with Gasteiger partial charge in [0.2, 0.25) is 6.33 Å². The van der Waals surface area contributed by atoms with E-state index in [9.17, 15) is 10.0 Å². The minimum Gasteiger partial charge on any atom is -0.710 e. The summed E-state index contributed by atoms with van der Waals surface area (Å²) >= 11 is 0. The third-order valence-electron chi connectivity index (χ3n) is 2.03. The lowest BCUT2D eigenvalue weighted by Gasteiger charge is -2.02. The van der Waals surface area contributed by atoms with E-state index < -0.39 is 5.97 Å². The molecule has 0 aliphatic carbocycles. The quantitative estimate of drug-likeness (QED) is 0.319. The highest BCUT2D eigenvalue weighted by molar-refractivity contribution is 5.86. The molecule has 0 spiro atoms. The van der Waals surface area contributed by atoms with Crippen molar-refractivity contribution in [3.05, 3.63) is 35.6 Å². The predicted octanol–water partition coefficient (Wildman–Crippen LogP) is 0.793. The van der Waals surface area contributed by atoms with Crippen LogP contribution in [0, 0.1) is 12.1 Å². The summed E-state index contributed by atoms with van der Waals surface area (Å²) in [5.41, 5.74) is 0.627. The highest BCUT2D eigenvalue weighted by Gasteiger charge is 2.23. The first-order valence-electron chi connectivity index (χ1n) is 4.68. The number of allylic oxidation sites excluding steroid dienone is 1. The molecule has 1 rings (SSSR count). The van der Waals surface area contributed by atoms with Crippen LogP contribution in [0.15, 0.2) is 19.0 Å². The zero-order valence-electron chi connectivity index (χ0n) is 8.90. The first kappa shape index (κ1) is 11.3. The molecule has 0 aliphatic rings. The van der Waals surface area contributed by atoms with Gasteiger partial charge in [0.15, 0.2) is 5.69 Å². The molecule has 0 atom stereocenters. The predicted molar refractivity (Wildman–Crippen MR) is 54.3 cm³/mol. The monoisotopic (exact) mass is 210 g/mol. The number of imidazole rings is 1. The molecule has 1 aromatic rings. The second-order valence-electron chi connectivity index (χ2n) is 3.04. The van der Waals surface area contributed by atoms with Crippen molar-refractivity contribution in [2.24, 2.45) is 0 Å². The molecule has 0 aliphatic heterocycles. The third-order valence-corrected chi connectivity index (χ3v) is 2.03. The lowest BCUT2D eigenvalue weighted by molar-refractivity contribution is -0.607. The lowest BCUT2D eigenvalue weighted by Crippen LogP contribution is -2.32. The van der Waals surface area contributed by atoms with Crippen LogP contribution in [0.5, 0.6) is 0 Å². The van der Waals surface area contributed by atoms with Crippen molar-refractivity contribution in [2.75, 3.05) is 6.61 Å². The van der Waals surface area contributed by atoms with Crippen LogP contribution in [0.25, 0.3) is 0 Å². The molecule has 0 radical (unpaired) electrons. The smallest absolute Gasteiger partial charge is 0.383 e. The van der Waals surface area contributed by atoms with Gasteiger partial charge in [-0.05, 0) is 6.92 Å². The highest BCUT2D eigenvalue weighted by atomic mass is 16.5. The minimum absolute atomic E-state index is 0.0405. The fourth-order valence-electron chi connectivity index (χ4n) is 1.33. The van der Waals surface area contributed by atoms with Crippen LogP contribution in [0.3, 0.4) is 0 Å². The Hall–Kier alpha value is -1.78. The van der Waals surface area contributed by atoms with E-state index in [0.29, 0.717) is 17.0 Å². The summed E-state index contributed by atoms with van der Waals surface area (Å²) in [5.74, 6) is -0.590. The Morgan fingerprint density at radius 1 is 1.80 bits per heavy atom. The number of aromatic nitrogens is 2. The molecule has 1 aromatic heterocycles. The number of rotatable bonds is 4.